The van der Waals surface area contributed by atoms with Gasteiger partial charge in [0.2, 0.25) is 5.91 Å². The van der Waals surface area contributed by atoms with Crippen molar-refractivity contribution in [2.45, 2.75) is 31.2 Å². The standard InChI is InChI=1S/C10H15N3O7/c1-3(9(16)17)13-7(14)4(11)2-12-8(15)5-6(20-5)10(18)19/h3-6H,2,11H2,1H3,(H,12,15)(H,13,14)(H,16,17)(H,18,19)/t3-,4-,5+,6+/m0/s1. The van der Waals surface area contributed by atoms with Crippen LogP contribution in [0.3, 0.4) is 0 Å². The van der Waals surface area contributed by atoms with Crippen LogP contribution in [-0.2, 0) is 23.9 Å². The molecule has 10 nitrogen and oxygen atoms in total. The molecule has 1 heterocycles. The largest absolute Gasteiger partial charge is 0.480 e. The number of carbonyl (C=O) groups is 4. The zero-order valence-electron chi connectivity index (χ0n) is 10.5. The lowest BCUT2D eigenvalue weighted by molar-refractivity contribution is -0.141. The van der Waals surface area contributed by atoms with Crippen LogP contribution in [0.15, 0.2) is 0 Å². The van der Waals surface area contributed by atoms with Crippen LogP contribution in [0.5, 0.6) is 0 Å². The number of carboxylic acid groups (broad SMARTS) is 2. The number of hydrogen-bond acceptors (Lipinski definition) is 6. The Bertz CT molecular complexity index is 439. The first-order chi connectivity index (χ1) is 9.23. The summed E-state index contributed by atoms with van der Waals surface area (Å²) in [7, 11) is 0. The fourth-order valence-corrected chi connectivity index (χ4v) is 1.29. The predicted octanol–water partition coefficient (Wildman–Crippen LogP) is -3.13. The Morgan fingerprint density at radius 1 is 1.25 bits per heavy atom. The summed E-state index contributed by atoms with van der Waals surface area (Å²) in [6.45, 7) is 1.00. The second-order valence-corrected chi connectivity index (χ2v) is 4.24. The van der Waals surface area contributed by atoms with Gasteiger partial charge in [-0.3, -0.25) is 14.4 Å². The van der Waals surface area contributed by atoms with Crippen molar-refractivity contribution in [2.75, 3.05) is 6.54 Å². The van der Waals surface area contributed by atoms with E-state index >= 15 is 0 Å². The molecule has 0 aromatic rings. The lowest BCUT2D eigenvalue weighted by Gasteiger charge is -2.15. The van der Waals surface area contributed by atoms with E-state index in [1.54, 1.807) is 0 Å². The van der Waals surface area contributed by atoms with Crippen molar-refractivity contribution in [3.63, 3.8) is 0 Å². The van der Waals surface area contributed by atoms with Gasteiger partial charge in [0.05, 0.1) is 0 Å². The molecule has 0 radical (unpaired) electrons. The van der Waals surface area contributed by atoms with E-state index in [2.05, 4.69) is 15.4 Å². The van der Waals surface area contributed by atoms with Crippen molar-refractivity contribution in [3.8, 4) is 0 Å². The maximum atomic E-state index is 11.5. The van der Waals surface area contributed by atoms with Gasteiger partial charge in [0.1, 0.15) is 12.1 Å². The van der Waals surface area contributed by atoms with E-state index in [1.165, 1.54) is 6.92 Å². The van der Waals surface area contributed by atoms with Crippen molar-refractivity contribution in [1.82, 2.24) is 10.6 Å². The minimum atomic E-state index is -1.25. The van der Waals surface area contributed by atoms with Gasteiger partial charge in [-0.25, -0.2) is 4.79 Å². The molecule has 0 aromatic heterocycles. The van der Waals surface area contributed by atoms with E-state index in [0.717, 1.165) is 0 Å². The molecule has 1 rings (SSSR count). The number of aliphatic carboxylic acids is 2. The van der Waals surface area contributed by atoms with E-state index in [-0.39, 0.29) is 6.54 Å². The summed E-state index contributed by atoms with van der Waals surface area (Å²) in [5.74, 6) is -3.90. The topological polar surface area (TPSA) is 171 Å². The molecule has 4 atom stereocenters. The van der Waals surface area contributed by atoms with Gasteiger partial charge in [-0.05, 0) is 6.92 Å². The number of amides is 2. The van der Waals surface area contributed by atoms with Crippen molar-refractivity contribution < 1.29 is 34.1 Å². The van der Waals surface area contributed by atoms with Crippen LogP contribution in [-0.4, -0.2) is 64.8 Å². The Hall–Kier alpha value is -2.20. The van der Waals surface area contributed by atoms with E-state index in [9.17, 15) is 19.2 Å². The van der Waals surface area contributed by atoms with Crippen LogP contribution < -0.4 is 16.4 Å². The Balaban J connectivity index is 2.31. The second kappa shape index (κ2) is 6.30. The number of ether oxygens (including phenoxy) is 1. The molecule has 1 saturated heterocycles. The highest BCUT2D eigenvalue weighted by atomic mass is 16.6. The fourth-order valence-electron chi connectivity index (χ4n) is 1.29. The SMILES string of the molecule is C[C@H](NC(=O)[C@@H](N)CNC(=O)[C@@H]1O[C@H]1C(=O)O)C(=O)O. The second-order valence-electron chi connectivity index (χ2n) is 4.24. The van der Waals surface area contributed by atoms with Gasteiger partial charge in [-0.1, -0.05) is 0 Å². The van der Waals surface area contributed by atoms with E-state index in [4.69, 9.17) is 15.9 Å². The smallest absolute Gasteiger partial charge is 0.336 e. The highest BCUT2D eigenvalue weighted by Crippen LogP contribution is 2.21. The van der Waals surface area contributed by atoms with Gasteiger partial charge in [0.15, 0.2) is 12.2 Å². The van der Waals surface area contributed by atoms with Gasteiger partial charge in [0, 0.05) is 6.54 Å². The maximum Gasteiger partial charge on any atom is 0.336 e. The monoisotopic (exact) mass is 289 g/mol. The molecule has 20 heavy (non-hydrogen) atoms. The molecule has 6 N–H and O–H groups in total. The lowest BCUT2D eigenvalue weighted by Crippen LogP contribution is -2.52. The first-order valence-corrected chi connectivity index (χ1v) is 5.68. The van der Waals surface area contributed by atoms with E-state index in [0.29, 0.717) is 0 Å². The molecule has 0 aromatic carbocycles. The summed E-state index contributed by atoms with van der Waals surface area (Å²) in [6.07, 6.45) is -2.26. The Morgan fingerprint density at radius 3 is 2.30 bits per heavy atom. The molecular formula is C10H15N3O7. The third-order valence-electron chi connectivity index (χ3n) is 2.56. The summed E-state index contributed by atoms with van der Waals surface area (Å²) in [5.41, 5.74) is 5.45. The molecule has 10 heteroatoms. The van der Waals surface area contributed by atoms with Gasteiger partial charge < -0.3 is 31.3 Å². The Morgan fingerprint density at radius 2 is 1.85 bits per heavy atom. The number of rotatable bonds is 7. The summed E-state index contributed by atoms with van der Waals surface area (Å²) >= 11 is 0. The number of hydrogen-bond donors (Lipinski definition) is 5. The summed E-state index contributed by atoms with van der Waals surface area (Å²) in [6, 6.07) is -2.25. The third kappa shape index (κ3) is 4.17. The molecule has 112 valence electrons. The molecule has 0 unspecified atom stereocenters. The van der Waals surface area contributed by atoms with Gasteiger partial charge in [0.25, 0.3) is 5.91 Å². The number of nitrogens with two attached hydrogens (primary N) is 1. The van der Waals surface area contributed by atoms with E-state index < -0.39 is 48.0 Å². The van der Waals surface area contributed by atoms with Crippen LogP contribution in [0, 0.1) is 0 Å². The molecule has 2 amide bonds. The minimum absolute atomic E-state index is 0.261. The molecule has 1 fully saturated rings. The number of nitrogens with one attached hydrogen (secondary N) is 2. The van der Waals surface area contributed by atoms with Crippen LogP contribution in [0.2, 0.25) is 0 Å². The highest BCUT2D eigenvalue weighted by Gasteiger charge is 2.50. The highest BCUT2D eigenvalue weighted by molar-refractivity contribution is 5.92. The quantitative estimate of drug-likeness (QED) is 0.306. The van der Waals surface area contributed by atoms with Crippen LogP contribution in [0.1, 0.15) is 6.92 Å². The zero-order valence-corrected chi connectivity index (χ0v) is 10.5. The third-order valence-corrected chi connectivity index (χ3v) is 2.56. The molecule has 1 aliphatic heterocycles. The fraction of sp³-hybridized carbons (Fsp3) is 0.600. The minimum Gasteiger partial charge on any atom is -0.480 e. The molecule has 0 aliphatic carbocycles. The first-order valence-electron chi connectivity index (χ1n) is 5.68. The lowest BCUT2D eigenvalue weighted by atomic mass is 10.2. The summed E-state index contributed by atoms with van der Waals surface area (Å²) < 4.78 is 4.60. The van der Waals surface area contributed by atoms with Crippen molar-refractivity contribution >= 4 is 23.8 Å². The van der Waals surface area contributed by atoms with Crippen LogP contribution >= 0.6 is 0 Å². The van der Waals surface area contributed by atoms with Crippen molar-refractivity contribution in [1.29, 1.82) is 0 Å². The molecular weight excluding hydrogens is 274 g/mol. The van der Waals surface area contributed by atoms with Crippen LogP contribution in [0.25, 0.3) is 0 Å². The van der Waals surface area contributed by atoms with E-state index in [1.807, 2.05) is 0 Å². The number of carbonyl (C=O) groups excluding carboxylic acids is 2. The number of carboxylic acids is 2. The Kier molecular flexibility index (Phi) is 5.00. The van der Waals surface area contributed by atoms with Gasteiger partial charge in [-0.15, -0.1) is 0 Å². The molecule has 0 spiro atoms. The van der Waals surface area contributed by atoms with Crippen LogP contribution in [0.4, 0.5) is 0 Å². The Labute approximate surface area is 113 Å². The summed E-state index contributed by atoms with van der Waals surface area (Å²) in [5, 5.41) is 21.5. The average Bonchev–Trinajstić information content (AvgIpc) is 3.15. The summed E-state index contributed by atoms with van der Waals surface area (Å²) in [4.78, 5) is 43.8. The predicted molar refractivity (Wildman–Crippen MR) is 62.5 cm³/mol. The van der Waals surface area contributed by atoms with Gasteiger partial charge >= 0.3 is 11.9 Å². The number of epoxide rings is 1. The average molecular weight is 289 g/mol. The van der Waals surface area contributed by atoms with Crippen molar-refractivity contribution in [2.24, 2.45) is 5.73 Å². The van der Waals surface area contributed by atoms with Crippen molar-refractivity contribution in [3.05, 3.63) is 0 Å². The molecule has 0 saturated carbocycles. The normalized spacial score (nSPS) is 23.3. The maximum absolute atomic E-state index is 11.5. The molecule has 0 bridgehead atoms. The van der Waals surface area contributed by atoms with Gasteiger partial charge in [-0.2, -0.15) is 0 Å². The molecule has 1 aliphatic rings. The zero-order chi connectivity index (χ0) is 15.4. The first kappa shape index (κ1) is 15.9.